The van der Waals surface area contributed by atoms with E-state index in [0.29, 0.717) is 6.61 Å². The van der Waals surface area contributed by atoms with Crippen molar-refractivity contribution in [1.82, 2.24) is 0 Å². The van der Waals surface area contributed by atoms with E-state index in [-0.39, 0.29) is 31.0 Å². The topological polar surface area (TPSA) is 73.9 Å². The molecule has 0 radical (unpaired) electrons. The van der Waals surface area contributed by atoms with Gasteiger partial charge in [0, 0.05) is 6.04 Å². The van der Waals surface area contributed by atoms with E-state index in [0.717, 1.165) is 6.42 Å². The van der Waals surface area contributed by atoms with E-state index < -0.39 is 5.79 Å². The minimum atomic E-state index is -0.575. The molecular weight excluding hydrogens is 198 g/mol. The van der Waals surface area contributed by atoms with Gasteiger partial charge in [-0.05, 0) is 20.3 Å². The lowest BCUT2D eigenvalue weighted by Crippen LogP contribution is -2.35. The summed E-state index contributed by atoms with van der Waals surface area (Å²) >= 11 is 0. The van der Waals surface area contributed by atoms with Crippen molar-refractivity contribution in [2.24, 2.45) is 5.73 Å². The molecule has 0 spiro atoms. The Morgan fingerprint density at radius 1 is 1.40 bits per heavy atom. The summed E-state index contributed by atoms with van der Waals surface area (Å²) in [7, 11) is 0. The molecule has 2 fully saturated rings. The summed E-state index contributed by atoms with van der Waals surface area (Å²) in [6.45, 7) is 4.10. The van der Waals surface area contributed by atoms with Gasteiger partial charge in [-0.2, -0.15) is 0 Å². The Morgan fingerprint density at radius 3 is 2.73 bits per heavy atom. The maximum absolute atomic E-state index is 8.71. The molecule has 2 rings (SSSR count). The van der Waals surface area contributed by atoms with Crippen LogP contribution in [0, 0.1) is 0 Å². The van der Waals surface area contributed by atoms with Crippen LogP contribution in [0.15, 0.2) is 0 Å². The first kappa shape index (κ1) is 11.3. The molecule has 88 valence electrons. The van der Waals surface area contributed by atoms with E-state index in [4.69, 9.17) is 25.1 Å². The Morgan fingerprint density at radius 2 is 2.07 bits per heavy atom. The van der Waals surface area contributed by atoms with Crippen molar-refractivity contribution in [3.8, 4) is 0 Å². The van der Waals surface area contributed by atoms with E-state index in [1.807, 2.05) is 13.8 Å². The van der Waals surface area contributed by atoms with Crippen LogP contribution in [0.1, 0.15) is 20.3 Å². The molecule has 15 heavy (non-hydrogen) atoms. The monoisotopic (exact) mass is 217 g/mol. The Hall–Kier alpha value is -0.200. The van der Waals surface area contributed by atoms with Gasteiger partial charge in [0.2, 0.25) is 0 Å². The van der Waals surface area contributed by atoms with Crippen LogP contribution < -0.4 is 5.73 Å². The van der Waals surface area contributed by atoms with Crippen LogP contribution in [0.4, 0.5) is 0 Å². The van der Waals surface area contributed by atoms with Crippen LogP contribution in [0.3, 0.4) is 0 Å². The van der Waals surface area contributed by atoms with Crippen molar-refractivity contribution < 1.29 is 19.3 Å². The molecule has 2 aliphatic rings. The van der Waals surface area contributed by atoms with Crippen molar-refractivity contribution in [2.75, 3.05) is 13.2 Å². The zero-order chi connectivity index (χ0) is 11.1. The van der Waals surface area contributed by atoms with Crippen LogP contribution in [-0.4, -0.2) is 48.5 Å². The van der Waals surface area contributed by atoms with Crippen molar-refractivity contribution in [2.45, 2.75) is 50.4 Å². The van der Waals surface area contributed by atoms with Crippen molar-refractivity contribution in [1.29, 1.82) is 0 Å². The Balaban J connectivity index is 1.99. The fourth-order valence-electron chi connectivity index (χ4n) is 2.34. The first-order chi connectivity index (χ1) is 7.03. The van der Waals surface area contributed by atoms with Gasteiger partial charge in [-0.1, -0.05) is 0 Å². The van der Waals surface area contributed by atoms with E-state index in [2.05, 4.69) is 0 Å². The fraction of sp³-hybridized carbons (Fsp3) is 1.00. The zero-order valence-electron chi connectivity index (χ0n) is 9.18. The molecule has 0 aromatic heterocycles. The summed E-state index contributed by atoms with van der Waals surface area (Å²) in [5, 5.41) is 8.71. The zero-order valence-corrected chi connectivity index (χ0v) is 9.18. The predicted molar refractivity (Wildman–Crippen MR) is 53.2 cm³/mol. The lowest BCUT2D eigenvalue weighted by molar-refractivity contribution is -0.168. The van der Waals surface area contributed by atoms with Crippen LogP contribution in [0.5, 0.6) is 0 Å². The average molecular weight is 217 g/mol. The first-order valence-corrected chi connectivity index (χ1v) is 5.37. The maximum Gasteiger partial charge on any atom is 0.163 e. The van der Waals surface area contributed by atoms with Gasteiger partial charge < -0.3 is 25.1 Å². The van der Waals surface area contributed by atoms with Gasteiger partial charge in [-0.15, -0.1) is 0 Å². The molecule has 3 N–H and O–H groups in total. The molecule has 5 heteroatoms. The quantitative estimate of drug-likeness (QED) is 0.674. The largest absolute Gasteiger partial charge is 0.394 e. The number of rotatable bonds is 3. The average Bonchev–Trinajstić information content (AvgIpc) is 2.60. The van der Waals surface area contributed by atoms with Crippen LogP contribution >= 0.6 is 0 Å². The highest BCUT2D eigenvalue weighted by atomic mass is 16.8. The third-order valence-corrected chi connectivity index (χ3v) is 2.88. The lowest BCUT2D eigenvalue weighted by atomic mass is 10.2. The molecule has 4 atom stereocenters. The standard InChI is InChI=1S/C10H19NO4/c1-10(2)14-8-6(11)5-7(9(8)15-10)13-4-3-12/h6-9,12H,3-5,11H2,1-2H3/t6-,7-,8-,9+/m0/s1. The molecule has 1 saturated carbocycles. The summed E-state index contributed by atoms with van der Waals surface area (Å²) < 4.78 is 16.9. The highest BCUT2D eigenvalue weighted by Gasteiger charge is 2.53. The van der Waals surface area contributed by atoms with Gasteiger partial charge in [0.05, 0.1) is 19.3 Å². The van der Waals surface area contributed by atoms with E-state index in [1.54, 1.807) is 0 Å². The maximum atomic E-state index is 8.71. The van der Waals surface area contributed by atoms with Gasteiger partial charge in [-0.25, -0.2) is 0 Å². The van der Waals surface area contributed by atoms with Crippen LogP contribution in [0.25, 0.3) is 0 Å². The number of nitrogens with two attached hydrogens (primary N) is 1. The van der Waals surface area contributed by atoms with Gasteiger partial charge >= 0.3 is 0 Å². The smallest absolute Gasteiger partial charge is 0.163 e. The molecule has 0 aromatic rings. The fourth-order valence-corrected chi connectivity index (χ4v) is 2.34. The van der Waals surface area contributed by atoms with Crippen molar-refractivity contribution >= 4 is 0 Å². The van der Waals surface area contributed by atoms with Crippen molar-refractivity contribution in [3.05, 3.63) is 0 Å². The third-order valence-electron chi connectivity index (χ3n) is 2.88. The number of aliphatic hydroxyl groups is 1. The predicted octanol–water partition coefficient (Wildman–Crippen LogP) is -0.385. The number of hydrogen-bond acceptors (Lipinski definition) is 5. The van der Waals surface area contributed by atoms with Crippen LogP contribution in [0.2, 0.25) is 0 Å². The Labute approximate surface area is 89.5 Å². The van der Waals surface area contributed by atoms with Gasteiger partial charge in [0.1, 0.15) is 12.2 Å². The molecule has 0 aromatic carbocycles. The van der Waals surface area contributed by atoms with Crippen molar-refractivity contribution in [3.63, 3.8) is 0 Å². The Kier molecular flexibility index (Phi) is 3.00. The Bertz CT molecular complexity index is 233. The minimum Gasteiger partial charge on any atom is -0.394 e. The van der Waals surface area contributed by atoms with Gasteiger partial charge in [-0.3, -0.25) is 0 Å². The number of aliphatic hydroxyl groups excluding tert-OH is 1. The highest BCUT2D eigenvalue weighted by Crippen LogP contribution is 2.38. The summed E-state index contributed by atoms with van der Waals surface area (Å²) in [5.41, 5.74) is 5.96. The highest BCUT2D eigenvalue weighted by molar-refractivity contribution is 5.01. The van der Waals surface area contributed by atoms with E-state index in [1.165, 1.54) is 0 Å². The first-order valence-electron chi connectivity index (χ1n) is 5.37. The van der Waals surface area contributed by atoms with E-state index in [9.17, 15) is 0 Å². The molecule has 0 bridgehead atoms. The molecule has 1 aliphatic heterocycles. The molecule has 1 saturated heterocycles. The SMILES string of the molecule is CC1(C)O[C@@H]2[C@H](O1)[C@@H](OCCO)C[C@@H]2N. The summed E-state index contributed by atoms with van der Waals surface area (Å²) in [6.07, 6.45) is 0.495. The summed E-state index contributed by atoms with van der Waals surface area (Å²) in [4.78, 5) is 0. The second-order valence-corrected chi connectivity index (χ2v) is 4.60. The number of ether oxygens (including phenoxy) is 3. The van der Waals surface area contributed by atoms with E-state index >= 15 is 0 Å². The molecule has 1 aliphatic carbocycles. The molecule has 1 heterocycles. The van der Waals surface area contributed by atoms with Gasteiger partial charge in [0.25, 0.3) is 0 Å². The lowest BCUT2D eigenvalue weighted by Gasteiger charge is -2.22. The van der Waals surface area contributed by atoms with Crippen LogP contribution in [-0.2, 0) is 14.2 Å². The number of hydrogen-bond donors (Lipinski definition) is 2. The molecule has 5 nitrogen and oxygen atoms in total. The third kappa shape index (κ3) is 2.16. The van der Waals surface area contributed by atoms with Gasteiger partial charge in [0.15, 0.2) is 5.79 Å². The summed E-state index contributed by atoms with van der Waals surface area (Å²) in [6, 6.07) is -0.0412. The summed E-state index contributed by atoms with van der Waals surface area (Å²) in [5.74, 6) is -0.575. The molecular formula is C10H19NO4. The normalized spacial score (nSPS) is 43.2. The second kappa shape index (κ2) is 3.99. The molecule has 0 unspecified atom stereocenters. The second-order valence-electron chi connectivity index (χ2n) is 4.60. The number of fused-ring (bicyclic) bond motifs is 1. The minimum absolute atomic E-state index is 0.0212. The molecule has 0 amide bonds.